The Morgan fingerprint density at radius 2 is 0.737 bits per heavy atom. The molecule has 0 aromatic carbocycles. The van der Waals surface area contributed by atoms with E-state index in [1.54, 1.807) is 0 Å². The van der Waals surface area contributed by atoms with Crippen molar-refractivity contribution in [2.75, 3.05) is 0 Å². The third-order valence-electron chi connectivity index (χ3n) is 2.00. The minimum absolute atomic E-state index is 5.96. The van der Waals surface area contributed by atoms with Gasteiger partial charge >= 0.3 is 29.9 Å². The molecule has 0 spiro atoms. The van der Waals surface area contributed by atoms with E-state index in [1.165, 1.54) is 0 Å². The van der Waals surface area contributed by atoms with Crippen LogP contribution in [0.5, 0.6) is 0 Å². The Hall–Kier alpha value is -0.910. The monoisotopic (exact) mass is 320 g/mol. The van der Waals surface area contributed by atoms with Crippen LogP contribution in [-0.2, 0) is 0 Å². The smallest absolute Gasteiger partial charge is 0.223 e. The molecule has 1 atom stereocenters. The molecular formula is C6HF13. The number of hydrogen-bond acceptors (Lipinski definition) is 0. The van der Waals surface area contributed by atoms with Gasteiger partial charge in [0.15, 0.2) is 0 Å². The van der Waals surface area contributed by atoms with Crippen LogP contribution in [0.15, 0.2) is 0 Å². The third-order valence-corrected chi connectivity index (χ3v) is 2.00. The quantitative estimate of drug-likeness (QED) is 0.664. The van der Waals surface area contributed by atoms with Crippen molar-refractivity contribution in [3.63, 3.8) is 0 Å². The van der Waals surface area contributed by atoms with Crippen LogP contribution >= 0.6 is 0 Å². The fraction of sp³-hybridized carbons (Fsp3) is 1.00. The molecule has 0 aromatic heterocycles. The Kier molecular flexibility index (Phi) is 4.09. The summed E-state index contributed by atoms with van der Waals surface area (Å²) in [6.45, 7) is 0. The molecule has 0 heterocycles. The predicted octanol–water partition coefficient (Wildman–Crippen LogP) is 4.36. The third kappa shape index (κ3) is 2.30. The highest BCUT2D eigenvalue weighted by atomic mass is 19.4. The number of halogens is 13. The molecule has 116 valence electrons. The van der Waals surface area contributed by atoms with Crippen LogP contribution in [0.25, 0.3) is 0 Å². The van der Waals surface area contributed by atoms with Crippen LogP contribution in [0.4, 0.5) is 57.1 Å². The van der Waals surface area contributed by atoms with Gasteiger partial charge in [0.25, 0.3) is 6.43 Å². The first-order valence-electron chi connectivity index (χ1n) is 3.80. The first-order chi connectivity index (χ1) is 7.94. The van der Waals surface area contributed by atoms with Gasteiger partial charge in [0.05, 0.1) is 0 Å². The van der Waals surface area contributed by atoms with Crippen LogP contribution in [0.2, 0.25) is 0 Å². The maximum atomic E-state index is 12.8. The van der Waals surface area contributed by atoms with E-state index in [0.29, 0.717) is 0 Å². The van der Waals surface area contributed by atoms with Crippen LogP contribution in [0.1, 0.15) is 0 Å². The Morgan fingerprint density at radius 1 is 0.474 bits per heavy atom. The molecule has 0 saturated heterocycles. The summed E-state index contributed by atoms with van der Waals surface area (Å²) in [5.74, 6) is 0. The molecule has 0 aliphatic heterocycles. The van der Waals surface area contributed by atoms with Crippen molar-refractivity contribution < 1.29 is 57.1 Å². The average Bonchev–Trinajstić information content (AvgIpc) is 2.09. The lowest BCUT2D eigenvalue weighted by molar-refractivity contribution is -0.430. The van der Waals surface area contributed by atoms with Gasteiger partial charge in [0.1, 0.15) is 0 Å². The van der Waals surface area contributed by atoms with Gasteiger partial charge in [0, 0.05) is 0 Å². The summed E-state index contributed by atoms with van der Waals surface area (Å²) >= 11 is 0. The van der Waals surface area contributed by atoms with Crippen molar-refractivity contribution in [1.82, 2.24) is 0 Å². The van der Waals surface area contributed by atoms with E-state index in [-0.39, 0.29) is 0 Å². The van der Waals surface area contributed by atoms with Gasteiger partial charge in [0.2, 0.25) is 0 Å². The lowest BCUT2D eigenvalue weighted by Gasteiger charge is -2.40. The second-order valence-electron chi connectivity index (χ2n) is 3.16. The summed E-state index contributed by atoms with van der Waals surface area (Å²) in [6, 6.07) is 0. The lowest BCUT2D eigenvalue weighted by Crippen LogP contribution is -2.73. The first-order valence-corrected chi connectivity index (χ1v) is 3.80. The van der Waals surface area contributed by atoms with Gasteiger partial charge in [-0.25, -0.2) is 17.6 Å². The van der Waals surface area contributed by atoms with Crippen molar-refractivity contribution in [1.29, 1.82) is 0 Å². The highest BCUT2D eigenvalue weighted by Gasteiger charge is 2.92. The molecule has 0 radical (unpaired) electrons. The molecule has 0 aliphatic carbocycles. The van der Waals surface area contributed by atoms with Gasteiger partial charge < -0.3 is 0 Å². The highest BCUT2D eigenvalue weighted by Crippen LogP contribution is 2.60. The minimum Gasteiger partial charge on any atom is -0.223 e. The van der Waals surface area contributed by atoms with Crippen LogP contribution < -0.4 is 0 Å². The maximum Gasteiger partial charge on any atom is 0.435 e. The van der Waals surface area contributed by atoms with Crippen molar-refractivity contribution >= 4 is 0 Å². The standard InChI is InChI=1S/C6HF13/c7-1(8)2(9,4(11,12)13)3(10,5(14,15)16)6(17,18)19/h1H. The topological polar surface area (TPSA) is 0 Å². The normalized spacial score (nSPS) is 18.6. The molecule has 0 aliphatic rings. The summed E-state index contributed by atoms with van der Waals surface area (Å²) in [5, 5.41) is 0. The van der Waals surface area contributed by atoms with E-state index in [1.807, 2.05) is 0 Å². The van der Waals surface area contributed by atoms with Gasteiger partial charge in [-0.1, -0.05) is 0 Å². The molecule has 0 fully saturated rings. The van der Waals surface area contributed by atoms with E-state index in [2.05, 4.69) is 0 Å². The SMILES string of the molecule is FC(F)C(F)(C(F)(F)F)C(F)(C(F)(F)F)C(F)(F)F. The van der Waals surface area contributed by atoms with Crippen molar-refractivity contribution in [2.24, 2.45) is 0 Å². The van der Waals surface area contributed by atoms with E-state index < -0.39 is 36.3 Å². The van der Waals surface area contributed by atoms with Gasteiger partial charge in [-0.3, -0.25) is 0 Å². The zero-order valence-electron chi connectivity index (χ0n) is 7.99. The van der Waals surface area contributed by atoms with Crippen LogP contribution in [-0.4, -0.2) is 36.3 Å². The molecule has 13 heteroatoms. The summed E-state index contributed by atoms with van der Waals surface area (Å²) in [4.78, 5) is 0. The molecule has 0 bridgehead atoms. The zero-order chi connectivity index (χ0) is 16.1. The molecule has 19 heavy (non-hydrogen) atoms. The Morgan fingerprint density at radius 3 is 0.789 bits per heavy atom. The van der Waals surface area contributed by atoms with E-state index in [0.717, 1.165) is 0 Å². The zero-order valence-corrected chi connectivity index (χ0v) is 7.99. The molecule has 0 amide bonds. The summed E-state index contributed by atoms with van der Waals surface area (Å²) < 4.78 is 156. The van der Waals surface area contributed by atoms with Crippen molar-refractivity contribution in [3.05, 3.63) is 0 Å². The lowest BCUT2D eigenvalue weighted by atomic mass is 9.84. The molecule has 1 unspecified atom stereocenters. The van der Waals surface area contributed by atoms with E-state index >= 15 is 0 Å². The van der Waals surface area contributed by atoms with Crippen molar-refractivity contribution in [2.45, 2.75) is 36.3 Å². The largest absolute Gasteiger partial charge is 0.435 e. The predicted molar refractivity (Wildman–Crippen MR) is 31.8 cm³/mol. The fourth-order valence-corrected chi connectivity index (χ4v) is 1.04. The van der Waals surface area contributed by atoms with E-state index in [9.17, 15) is 57.1 Å². The molecule has 0 N–H and O–H groups in total. The Bertz CT molecular complexity index is 303. The maximum absolute atomic E-state index is 12.8. The fourth-order valence-electron chi connectivity index (χ4n) is 1.04. The second-order valence-corrected chi connectivity index (χ2v) is 3.16. The van der Waals surface area contributed by atoms with Gasteiger partial charge in [-0.15, -0.1) is 0 Å². The first kappa shape index (κ1) is 18.1. The molecule has 0 rings (SSSR count). The van der Waals surface area contributed by atoms with Crippen molar-refractivity contribution in [3.8, 4) is 0 Å². The highest BCUT2D eigenvalue weighted by molar-refractivity contribution is 5.15. The second kappa shape index (κ2) is 4.30. The number of alkyl halides is 13. The number of hydrogen-bond donors (Lipinski definition) is 0. The minimum atomic E-state index is -7.81. The summed E-state index contributed by atoms with van der Waals surface area (Å²) in [7, 11) is 0. The van der Waals surface area contributed by atoms with E-state index in [4.69, 9.17) is 0 Å². The molecule has 0 saturated carbocycles. The molecule has 0 nitrogen and oxygen atoms in total. The molecule has 0 aromatic rings. The number of rotatable bonds is 2. The van der Waals surface area contributed by atoms with Crippen LogP contribution in [0.3, 0.4) is 0 Å². The van der Waals surface area contributed by atoms with Gasteiger partial charge in [-0.05, 0) is 0 Å². The Labute approximate surface area is 94.7 Å². The summed E-state index contributed by atoms with van der Waals surface area (Å²) in [5.41, 5.74) is -15.3. The molecular weight excluding hydrogens is 319 g/mol. The summed E-state index contributed by atoms with van der Waals surface area (Å²) in [6.07, 6.45) is -28.6. The Balaban J connectivity index is 6.45. The van der Waals surface area contributed by atoms with Crippen LogP contribution in [0, 0.1) is 0 Å². The average molecular weight is 320 g/mol. The van der Waals surface area contributed by atoms with Gasteiger partial charge in [-0.2, -0.15) is 39.5 Å².